The molecule has 2 rings (SSSR count). The van der Waals surface area contributed by atoms with Crippen LogP contribution in [0.2, 0.25) is 0 Å². The largest absolute Gasteiger partial charge is 0.0651 e. The zero-order chi connectivity index (χ0) is 9.80. The first-order chi connectivity index (χ1) is 6.88. The Balaban J connectivity index is 1.73. The molecular weight excluding hydrogens is 168 g/mol. The standard InChI is InChI=1S/C14H26/c1-2-12-8-5-9-14(10-12)11-13-6-3-4-7-13/h12-14H,2-11H2,1H3. The monoisotopic (exact) mass is 194 g/mol. The Morgan fingerprint density at radius 1 is 0.786 bits per heavy atom. The molecule has 0 N–H and O–H groups in total. The van der Waals surface area contributed by atoms with Crippen molar-refractivity contribution < 1.29 is 0 Å². The maximum absolute atomic E-state index is 2.38. The van der Waals surface area contributed by atoms with E-state index in [0.29, 0.717) is 0 Å². The lowest BCUT2D eigenvalue weighted by Gasteiger charge is -2.30. The SMILES string of the molecule is CCC1CCCC(CC2CCCC2)C1. The molecule has 0 aromatic rings. The van der Waals surface area contributed by atoms with Gasteiger partial charge in [0.2, 0.25) is 0 Å². The third kappa shape index (κ3) is 2.74. The van der Waals surface area contributed by atoms with Crippen molar-refractivity contribution in [3.63, 3.8) is 0 Å². The molecule has 0 aromatic heterocycles. The van der Waals surface area contributed by atoms with Crippen molar-refractivity contribution in [1.29, 1.82) is 0 Å². The first-order valence-electron chi connectivity index (χ1n) is 6.88. The minimum Gasteiger partial charge on any atom is -0.0651 e. The zero-order valence-electron chi connectivity index (χ0n) is 9.80. The predicted molar refractivity (Wildman–Crippen MR) is 62.3 cm³/mol. The van der Waals surface area contributed by atoms with E-state index in [4.69, 9.17) is 0 Å². The highest BCUT2D eigenvalue weighted by Gasteiger charge is 2.24. The van der Waals surface area contributed by atoms with Crippen LogP contribution in [-0.4, -0.2) is 0 Å². The second-order valence-electron chi connectivity index (χ2n) is 5.69. The summed E-state index contributed by atoms with van der Waals surface area (Å²) < 4.78 is 0. The van der Waals surface area contributed by atoms with Gasteiger partial charge in [0.15, 0.2) is 0 Å². The first kappa shape index (κ1) is 10.5. The molecule has 0 heteroatoms. The van der Waals surface area contributed by atoms with Gasteiger partial charge >= 0.3 is 0 Å². The van der Waals surface area contributed by atoms with Gasteiger partial charge in [0.1, 0.15) is 0 Å². The quantitative estimate of drug-likeness (QED) is 0.606. The van der Waals surface area contributed by atoms with Gasteiger partial charge in [0.05, 0.1) is 0 Å². The van der Waals surface area contributed by atoms with Gasteiger partial charge in [0.25, 0.3) is 0 Å². The second-order valence-corrected chi connectivity index (χ2v) is 5.69. The van der Waals surface area contributed by atoms with Crippen molar-refractivity contribution in [3.8, 4) is 0 Å². The first-order valence-corrected chi connectivity index (χ1v) is 6.88. The summed E-state index contributed by atoms with van der Waals surface area (Å²) in [6.07, 6.45) is 15.3. The molecule has 2 unspecified atom stereocenters. The van der Waals surface area contributed by atoms with Gasteiger partial charge in [-0.1, -0.05) is 58.3 Å². The predicted octanol–water partition coefficient (Wildman–Crippen LogP) is 4.78. The highest BCUT2D eigenvalue weighted by Crippen LogP contribution is 2.38. The fraction of sp³-hybridized carbons (Fsp3) is 1.00. The van der Waals surface area contributed by atoms with E-state index in [9.17, 15) is 0 Å². The highest BCUT2D eigenvalue weighted by molar-refractivity contribution is 4.77. The highest BCUT2D eigenvalue weighted by atomic mass is 14.3. The summed E-state index contributed by atoms with van der Waals surface area (Å²) in [5, 5.41) is 0. The van der Waals surface area contributed by atoms with Crippen molar-refractivity contribution in [1.82, 2.24) is 0 Å². The number of rotatable bonds is 3. The zero-order valence-corrected chi connectivity index (χ0v) is 9.80. The summed E-state index contributed by atoms with van der Waals surface area (Å²) in [5.41, 5.74) is 0. The summed E-state index contributed by atoms with van der Waals surface area (Å²) in [4.78, 5) is 0. The van der Waals surface area contributed by atoms with E-state index < -0.39 is 0 Å². The van der Waals surface area contributed by atoms with E-state index in [1.165, 1.54) is 32.1 Å². The molecule has 2 saturated carbocycles. The van der Waals surface area contributed by atoms with E-state index in [1.807, 2.05) is 0 Å². The molecule has 0 spiro atoms. The Morgan fingerprint density at radius 3 is 2.14 bits per heavy atom. The third-order valence-electron chi connectivity index (χ3n) is 4.61. The number of hydrogen-bond acceptors (Lipinski definition) is 0. The van der Waals surface area contributed by atoms with Crippen LogP contribution in [0.1, 0.15) is 71.1 Å². The van der Waals surface area contributed by atoms with Crippen molar-refractivity contribution in [2.75, 3.05) is 0 Å². The van der Waals surface area contributed by atoms with Crippen LogP contribution in [0.4, 0.5) is 0 Å². The lowest BCUT2D eigenvalue weighted by molar-refractivity contribution is 0.223. The van der Waals surface area contributed by atoms with E-state index in [-0.39, 0.29) is 0 Å². The van der Waals surface area contributed by atoms with Crippen LogP contribution in [0.25, 0.3) is 0 Å². The molecule has 0 saturated heterocycles. The maximum Gasteiger partial charge on any atom is -0.0409 e. The van der Waals surface area contributed by atoms with E-state index in [2.05, 4.69) is 6.92 Å². The summed E-state index contributed by atoms with van der Waals surface area (Å²) in [6, 6.07) is 0. The van der Waals surface area contributed by atoms with Crippen LogP contribution < -0.4 is 0 Å². The van der Waals surface area contributed by atoms with Crippen molar-refractivity contribution in [3.05, 3.63) is 0 Å². The van der Waals surface area contributed by atoms with Gasteiger partial charge in [-0.15, -0.1) is 0 Å². The van der Waals surface area contributed by atoms with Crippen LogP contribution in [0.15, 0.2) is 0 Å². The average molecular weight is 194 g/mol. The maximum atomic E-state index is 2.38. The van der Waals surface area contributed by atoms with Crippen molar-refractivity contribution in [2.45, 2.75) is 71.1 Å². The van der Waals surface area contributed by atoms with Crippen LogP contribution >= 0.6 is 0 Å². The van der Waals surface area contributed by atoms with Crippen LogP contribution in [-0.2, 0) is 0 Å². The molecule has 0 nitrogen and oxygen atoms in total. The number of hydrogen-bond donors (Lipinski definition) is 0. The Labute approximate surface area is 89.5 Å². The lowest BCUT2D eigenvalue weighted by atomic mass is 9.76. The lowest BCUT2D eigenvalue weighted by Crippen LogP contribution is -2.17. The smallest absolute Gasteiger partial charge is 0.0409 e. The van der Waals surface area contributed by atoms with E-state index in [1.54, 1.807) is 32.1 Å². The second kappa shape index (κ2) is 5.19. The summed E-state index contributed by atoms with van der Waals surface area (Å²) in [5.74, 6) is 3.31. The molecule has 0 aromatic carbocycles. The Morgan fingerprint density at radius 2 is 1.43 bits per heavy atom. The Kier molecular flexibility index (Phi) is 3.89. The molecule has 0 bridgehead atoms. The molecule has 0 aliphatic heterocycles. The van der Waals surface area contributed by atoms with Gasteiger partial charge in [-0.2, -0.15) is 0 Å². The molecule has 82 valence electrons. The Bertz CT molecular complexity index is 155. The van der Waals surface area contributed by atoms with Gasteiger partial charge < -0.3 is 0 Å². The van der Waals surface area contributed by atoms with Gasteiger partial charge in [-0.3, -0.25) is 0 Å². The molecule has 2 fully saturated rings. The van der Waals surface area contributed by atoms with Crippen molar-refractivity contribution >= 4 is 0 Å². The topological polar surface area (TPSA) is 0 Å². The molecule has 2 atom stereocenters. The molecule has 0 radical (unpaired) electrons. The third-order valence-corrected chi connectivity index (χ3v) is 4.61. The van der Waals surface area contributed by atoms with Gasteiger partial charge in [0, 0.05) is 0 Å². The fourth-order valence-electron chi connectivity index (χ4n) is 3.70. The van der Waals surface area contributed by atoms with E-state index >= 15 is 0 Å². The molecule has 2 aliphatic carbocycles. The summed E-state index contributed by atoms with van der Waals surface area (Å²) >= 11 is 0. The normalized spacial score (nSPS) is 34.9. The fourth-order valence-corrected chi connectivity index (χ4v) is 3.70. The molecule has 0 heterocycles. The summed E-state index contributed by atoms with van der Waals surface area (Å²) in [7, 11) is 0. The van der Waals surface area contributed by atoms with E-state index in [0.717, 1.165) is 17.8 Å². The Hall–Kier alpha value is 0. The van der Waals surface area contributed by atoms with Crippen LogP contribution in [0.3, 0.4) is 0 Å². The minimum absolute atomic E-state index is 1.08. The van der Waals surface area contributed by atoms with Crippen LogP contribution in [0.5, 0.6) is 0 Å². The molecule has 0 amide bonds. The van der Waals surface area contributed by atoms with Crippen LogP contribution in [0, 0.1) is 17.8 Å². The average Bonchev–Trinajstić information content (AvgIpc) is 2.71. The van der Waals surface area contributed by atoms with Gasteiger partial charge in [-0.05, 0) is 30.6 Å². The minimum atomic E-state index is 1.08. The molecular formula is C14H26. The molecule has 14 heavy (non-hydrogen) atoms. The summed E-state index contributed by atoms with van der Waals surface area (Å²) in [6.45, 7) is 2.38. The van der Waals surface area contributed by atoms with Gasteiger partial charge in [-0.25, -0.2) is 0 Å². The van der Waals surface area contributed by atoms with Crippen molar-refractivity contribution in [2.24, 2.45) is 17.8 Å². The molecule has 2 aliphatic rings.